The van der Waals surface area contributed by atoms with Gasteiger partial charge in [-0.2, -0.15) is 0 Å². The first kappa shape index (κ1) is 20.3. The van der Waals surface area contributed by atoms with Gasteiger partial charge in [0, 0.05) is 32.3 Å². The molecule has 0 unspecified atom stereocenters. The van der Waals surface area contributed by atoms with Gasteiger partial charge < -0.3 is 20.8 Å². The molecule has 96 valence electrons. The summed E-state index contributed by atoms with van der Waals surface area (Å²) in [5, 5.41) is 25.4. The maximum absolute atomic E-state index is 11.0. The Bertz CT molecular complexity index is 293. The standard InChI is InChI=1S/C11H19N3O3.K/c1-2-5-12-6-7-13-8-9-14-10(15)3-4-11(16)17;/h2-4,12-13H,1,5-9H2,(H,14,15)(H,16,17);/q;+1/p-1/b4-3+;. The summed E-state index contributed by atoms with van der Waals surface area (Å²) >= 11 is 0. The summed E-state index contributed by atoms with van der Waals surface area (Å²) < 4.78 is 0. The van der Waals surface area contributed by atoms with Crippen LogP contribution in [0.2, 0.25) is 0 Å². The molecule has 0 spiro atoms. The zero-order valence-corrected chi connectivity index (χ0v) is 13.8. The zero-order chi connectivity index (χ0) is 12.9. The van der Waals surface area contributed by atoms with E-state index in [0.717, 1.165) is 31.8 Å². The number of carboxylic acid groups (broad SMARTS) is 1. The molecule has 0 rings (SSSR count). The Morgan fingerprint density at radius 1 is 1.28 bits per heavy atom. The van der Waals surface area contributed by atoms with E-state index in [0.29, 0.717) is 13.1 Å². The van der Waals surface area contributed by atoms with E-state index in [2.05, 4.69) is 22.2 Å². The Balaban J connectivity index is 0. The minimum Gasteiger partial charge on any atom is -0.859 e. The molecule has 0 aliphatic rings. The summed E-state index contributed by atoms with van der Waals surface area (Å²) in [5.74, 6) is -1.68. The van der Waals surface area contributed by atoms with Gasteiger partial charge in [0.2, 0.25) is 0 Å². The molecule has 0 aromatic heterocycles. The smallest absolute Gasteiger partial charge is 0.859 e. The molecule has 0 aliphatic carbocycles. The van der Waals surface area contributed by atoms with Crippen LogP contribution in [0.25, 0.3) is 0 Å². The van der Waals surface area contributed by atoms with Crippen molar-refractivity contribution in [2.75, 3.05) is 32.7 Å². The van der Waals surface area contributed by atoms with Crippen molar-refractivity contribution in [3.63, 3.8) is 0 Å². The van der Waals surface area contributed by atoms with E-state index in [9.17, 15) is 9.90 Å². The Morgan fingerprint density at radius 2 is 1.94 bits per heavy atom. The molecule has 0 fully saturated rings. The molecule has 0 aliphatic heterocycles. The van der Waals surface area contributed by atoms with E-state index >= 15 is 0 Å². The second-order valence-electron chi connectivity index (χ2n) is 3.13. The molecule has 7 heteroatoms. The van der Waals surface area contributed by atoms with Gasteiger partial charge in [-0.25, -0.2) is 4.79 Å². The van der Waals surface area contributed by atoms with Crippen molar-refractivity contribution in [2.24, 2.45) is 4.99 Å². The van der Waals surface area contributed by atoms with Gasteiger partial charge in [0.1, 0.15) is 0 Å². The molecule has 0 heterocycles. The molecule has 3 N–H and O–H groups in total. The number of nitrogens with one attached hydrogen (secondary N) is 2. The van der Waals surface area contributed by atoms with Gasteiger partial charge in [0.15, 0.2) is 0 Å². The van der Waals surface area contributed by atoms with Gasteiger partial charge in [-0.15, -0.1) is 6.58 Å². The fraction of sp³-hybridized carbons (Fsp3) is 0.455. The third-order valence-corrected chi connectivity index (χ3v) is 1.69. The predicted molar refractivity (Wildman–Crippen MR) is 65.0 cm³/mol. The van der Waals surface area contributed by atoms with Gasteiger partial charge in [0.25, 0.3) is 0 Å². The third kappa shape index (κ3) is 16.0. The van der Waals surface area contributed by atoms with Crippen LogP contribution >= 0.6 is 0 Å². The SMILES string of the molecule is C=CCNCCNCCN=C([O-])/C=C/C(=O)O.[K+]. The second-order valence-corrected chi connectivity index (χ2v) is 3.13. The van der Waals surface area contributed by atoms with Crippen LogP contribution in [0.5, 0.6) is 0 Å². The molecular formula is C11H18KN3O3. The maximum Gasteiger partial charge on any atom is 1.00 e. The summed E-state index contributed by atoms with van der Waals surface area (Å²) in [6.07, 6.45) is 3.50. The van der Waals surface area contributed by atoms with E-state index in [1.165, 1.54) is 0 Å². The Labute approximate surface area is 150 Å². The van der Waals surface area contributed by atoms with Crippen molar-refractivity contribution < 1.29 is 66.4 Å². The molecule has 0 bridgehead atoms. The number of hydrogen-bond donors (Lipinski definition) is 3. The average Bonchev–Trinajstić information content (AvgIpc) is 2.30. The summed E-state index contributed by atoms with van der Waals surface area (Å²) in [4.78, 5) is 13.7. The van der Waals surface area contributed by atoms with Crippen LogP contribution < -0.4 is 67.1 Å². The van der Waals surface area contributed by atoms with Crippen LogP contribution in [0, 0.1) is 0 Å². The maximum atomic E-state index is 11.0. The van der Waals surface area contributed by atoms with Crippen molar-refractivity contribution in [3.8, 4) is 0 Å². The molecule has 0 amide bonds. The zero-order valence-electron chi connectivity index (χ0n) is 10.7. The van der Waals surface area contributed by atoms with Crippen molar-refractivity contribution in [3.05, 3.63) is 24.8 Å². The third-order valence-electron chi connectivity index (χ3n) is 1.69. The number of carboxylic acids is 1. The van der Waals surface area contributed by atoms with Gasteiger partial charge in [-0.1, -0.05) is 6.08 Å². The van der Waals surface area contributed by atoms with E-state index in [1.807, 2.05) is 0 Å². The van der Waals surface area contributed by atoms with Crippen LogP contribution in [-0.2, 0) is 4.79 Å². The topological polar surface area (TPSA) is 96.8 Å². The van der Waals surface area contributed by atoms with E-state index in [4.69, 9.17) is 5.11 Å². The molecule has 0 aromatic carbocycles. The summed E-state index contributed by atoms with van der Waals surface area (Å²) in [6.45, 7) is 6.86. The van der Waals surface area contributed by atoms with Crippen LogP contribution in [0.15, 0.2) is 29.8 Å². The number of aliphatic imine (C=N–C) groups is 1. The molecule has 0 atom stereocenters. The fourth-order valence-corrected chi connectivity index (χ4v) is 0.946. The average molecular weight is 279 g/mol. The summed E-state index contributed by atoms with van der Waals surface area (Å²) in [5.41, 5.74) is 0. The number of aliphatic carboxylic acids is 1. The molecule has 18 heavy (non-hydrogen) atoms. The van der Waals surface area contributed by atoms with Crippen molar-refractivity contribution >= 4 is 11.9 Å². The van der Waals surface area contributed by atoms with Crippen LogP contribution in [0.4, 0.5) is 0 Å². The minimum absolute atomic E-state index is 0. The Hall–Kier alpha value is -0.0236. The first-order valence-corrected chi connectivity index (χ1v) is 5.31. The molecular weight excluding hydrogens is 261 g/mol. The quantitative estimate of drug-likeness (QED) is 0.0940. The normalized spacial score (nSPS) is 11.2. The summed E-state index contributed by atoms with van der Waals surface area (Å²) in [7, 11) is 0. The Kier molecular flexibility index (Phi) is 17.0. The van der Waals surface area contributed by atoms with E-state index < -0.39 is 11.9 Å². The fourth-order valence-electron chi connectivity index (χ4n) is 0.946. The minimum atomic E-state index is -1.15. The Morgan fingerprint density at radius 3 is 2.56 bits per heavy atom. The van der Waals surface area contributed by atoms with Crippen molar-refractivity contribution in [1.82, 2.24) is 10.6 Å². The van der Waals surface area contributed by atoms with Gasteiger partial charge in [-0.3, -0.25) is 4.99 Å². The van der Waals surface area contributed by atoms with Crippen LogP contribution in [0.3, 0.4) is 0 Å². The number of rotatable bonds is 10. The van der Waals surface area contributed by atoms with Gasteiger partial charge in [-0.05, 0) is 12.0 Å². The molecule has 0 aromatic rings. The molecule has 0 radical (unpaired) electrons. The number of hydrogen-bond acceptors (Lipinski definition) is 5. The predicted octanol–water partition coefficient (Wildman–Crippen LogP) is -4.24. The van der Waals surface area contributed by atoms with Crippen LogP contribution in [-0.4, -0.2) is 49.7 Å². The molecule has 6 nitrogen and oxygen atoms in total. The van der Waals surface area contributed by atoms with Gasteiger partial charge >= 0.3 is 57.4 Å². The first-order chi connectivity index (χ1) is 8.16. The summed E-state index contributed by atoms with van der Waals surface area (Å²) in [6, 6.07) is 0. The van der Waals surface area contributed by atoms with Gasteiger partial charge in [0.05, 0.1) is 6.54 Å². The monoisotopic (exact) mass is 279 g/mol. The van der Waals surface area contributed by atoms with E-state index in [1.54, 1.807) is 6.08 Å². The molecule has 0 saturated heterocycles. The number of carbonyl (C=O) groups is 1. The van der Waals surface area contributed by atoms with E-state index in [-0.39, 0.29) is 51.4 Å². The first-order valence-electron chi connectivity index (χ1n) is 5.31. The molecule has 0 saturated carbocycles. The van der Waals surface area contributed by atoms with Crippen molar-refractivity contribution in [2.45, 2.75) is 0 Å². The largest absolute Gasteiger partial charge is 1.00 e. The second kappa shape index (κ2) is 15.0. The van der Waals surface area contributed by atoms with Crippen LogP contribution in [0.1, 0.15) is 0 Å². The van der Waals surface area contributed by atoms with Crippen molar-refractivity contribution in [1.29, 1.82) is 0 Å². The number of nitrogens with zero attached hydrogens (tertiary/aromatic N) is 1.